The molecule has 1 N–H and O–H groups in total. The molecule has 2 rings (SSSR count). The lowest BCUT2D eigenvalue weighted by Crippen LogP contribution is -1.93. The van der Waals surface area contributed by atoms with E-state index in [1.165, 1.54) is 11.8 Å². The monoisotopic (exact) mass is 322 g/mol. The topological polar surface area (TPSA) is 63.7 Å². The van der Waals surface area contributed by atoms with Gasteiger partial charge in [-0.3, -0.25) is 5.10 Å². The number of thioether (sulfide) groups is 1. The van der Waals surface area contributed by atoms with Crippen LogP contribution < -0.4 is 4.74 Å². The summed E-state index contributed by atoms with van der Waals surface area (Å²) in [7, 11) is 1.59. The zero-order chi connectivity index (χ0) is 10.1. The minimum absolute atomic E-state index is 0.567. The Morgan fingerprint density at radius 2 is 2.21 bits per heavy atom. The van der Waals surface area contributed by atoms with Crippen LogP contribution in [0.25, 0.3) is 11.0 Å². The zero-order valence-corrected chi connectivity index (χ0v) is 10.5. The lowest BCUT2D eigenvalue weighted by molar-refractivity contribution is 0.398. The van der Waals surface area contributed by atoms with E-state index in [2.05, 4.69) is 42.8 Å². The second kappa shape index (κ2) is 3.89. The first-order valence-corrected chi connectivity index (χ1v) is 6.06. The zero-order valence-electron chi connectivity index (χ0n) is 7.54. The van der Waals surface area contributed by atoms with Gasteiger partial charge in [0.25, 0.3) is 0 Å². The molecule has 74 valence electrons. The molecule has 0 bridgehead atoms. The highest BCUT2D eigenvalue weighted by Crippen LogP contribution is 2.27. The normalized spacial score (nSPS) is 10.8. The van der Waals surface area contributed by atoms with Gasteiger partial charge in [0.2, 0.25) is 5.88 Å². The summed E-state index contributed by atoms with van der Waals surface area (Å²) < 4.78 is 6.07. The highest BCUT2D eigenvalue weighted by Gasteiger charge is 2.13. The molecule has 2 aromatic rings. The van der Waals surface area contributed by atoms with Gasteiger partial charge < -0.3 is 4.74 Å². The van der Waals surface area contributed by atoms with E-state index < -0.39 is 0 Å². The summed E-state index contributed by atoms with van der Waals surface area (Å²) in [5.74, 6) is 0.567. The second-order valence-electron chi connectivity index (χ2n) is 2.46. The first-order valence-electron chi connectivity index (χ1n) is 3.76. The van der Waals surface area contributed by atoms with Crippen molar-refractivity contribution in [3.05, 3.63) is 3.70 Å². The number of methoxy groups -OCH3 is 1. The molecule has 0 unspecified atom stereocenters. The number of nitrogens with zero attached hydrogens (tertiary/aromatic N) is 3. The summed E-state index contributed by atoms with van der Waals surface area (Å²) in [6, 6.07) is 0. The molecule has 2 aromatic heterocycles. The summed E-state index contributed by atoms with van der Waals surface area (Å²) in [6.45, 7) is 0. The van der Waals surface area contributed by atoms with Crippen molar-refractivity contribution in [2.24, 2.45) is 0 Å². The minimum atomic E-state index is 0.567. The van der Waals surface area contributed by atoms with Crippen LogP contribution in [0.3, 0.4) is 0 Å². The molecule has 14 heavy (non-hydrogen) atoms. The van der Waals surface area contributed by atoms with E-state index in [0.717, 1.165) is 9.09 Å². The predicted molar refractivity (Wildman–Crippen MR) is 62.7 cm³/mol. The molecule has 5 nitrogen and oxygen atoms in total. The van der Waals surface area contributed by atoms with E-state index in [4.69, 9.17) is 4.74 Å². The van der Waals surface area contributed by atoms with Crippen LogP contribution in [0.1, 0.15) is 0 Å². The van der Waals surface area contributed by atoms with E-state index >= 15 is 0 Å². The van der Waals surface area contributed by atoms with E-state index in [1.54, 1.807) is 7.11 Å². The number of H-pyrrole nitrogens is 1. The van der Waals surface area contributed by atoms with Crippen LogP contribution in [0.15, 0.2) is 5.16 Å². The quantitative estimate of drug-likeness (QED) is 0.518. The number of aromatic amines is 1. The number of fused-ring (bicyclic) bond motifs is 1. The maximum absolute atomic E-state index is 5.18. The Kier molecular flexibility index (Phi) is 2.77. The van der Waals surface area contributed by atoms with Gasteiger partial charge in [-0.1, -0.05) is 11.8 Å². The maximum atomic E-state index is 5.18. The van der Waals surface area contributed by atoms with Gasteiger partial charge in [-0.15, -0.1) is 0 Å². The van der Waals surface area contributed by atoms with Gasteiger partial charge in [0.1, 0.15) is 9.09 Å². The minimum Gasteiger partial charge on any atom is -0.480 e. The van der Waals surface area contributed by atoms with Crippen molar-refractivity contribution in [1.82, 2.24) is 20.2 Å². The Bertz CT molecular complexity index is 472. The smallest absolute Gasteiger partial charge is 0.229 e. The van der Waals surface area contributed by atoms with Crippen molar-refractivity contribution in [2.45, 2.75) is 5.16 Å². The van der Waals surface area contributed by atoms with Crippen molar-refractivity contribution in [3.8, 4) is 5.88 Å². The molecule has 0 fully saturated rings. The van der Waals surface area contributed by atoms with Crippen molar-refractivity contribution in [1.29, 1.82) is 0 Å². The fraction of sp³-hybridized carbons (Fsp3) is 0.286. The van der Waals surface area contributed by atoms with Crippen molar-refractivity contribution < 1.29 is 4.74 Å². The molecule has 0 saturated heterocycles. The molecule has 0 atom stereocenters. The number of hydrogen-bond acceptors (Lipinski definition) is 5. The fourth-order valence-corrected chi connectivity index (χ4v) is 2.02. The molecule has 0 aliphatic rings. The molecule has 0 saturated carbocycles. The van der Waals surface area contributed by atoms with Crippen molar-refractivity contribution >= 4 is 45.4 Å². The highest BCUT2D eigenvalue weighted by molar-refractivity contribution is 14.1. The summed E-state index contributed by atoms with van der Waals surface area (Å²) in [5, 5.41) is 8.41. The van der Waals surface area contributed by atoms with Gasteiger partial charge in [0.15, 0.2) is 10.8 Å². The number of rotatable bonds is 2. The highest BCUT2D eigenvalue weighted by atomic mass is 127. The van der Waals surface area contributed by atoms with Crippen LogP contribution in [0.4, 0.5) is 0 Å². The maximum Gasteiger partial charge on any atom is 0.229 e. The Hall–Kier alpha value is -0.570. The molecular formula is C7H7IN4OS. The van der Waals surface area contributed by atoms with Crippen LogP contribution in [0.5, 0.6) is 5.88 Å². The molecule has 0 aromatic carbocycles. The third-order valence-electron chi connectivity index (χ3n) is 1.69. The molecule has 0 amide bonds. The number of hydrogen-bond donors (Lipinski definition) is 1. The number of aromatic nitrogens is 4. The van der Waals surface area contributed by atoms with Gasteiger partial charge >= 0.3 is 0 Å². The van der Waals surface area contributed by atoms with E-state index in [1.807, 2.05) is 6.26 Å². The molecule has 2 heterocycles. The molecular weight excluding hydrogens is 315 g/mol. The van der Waals surface area contributed by atoms with Gasteiger partial charge in [-0.25, -0.2) is 4.98 Å². The van der Waals surface area contributed by atoms with Gasteiger partial charge in [0, 0.05) is 0 Å². The number of nitrogens with one attached hydrogen (secondary N) is 1. The van der Waals surface area contributed by atoms with Gasteiger partial charge in [-0.2, -0.15) is 10.1 Å². The SMILES string of the molecule is COc1nc(SC)nc2n[nH]c(I)c12. The summed E-state index contributed by atoms with van der Waals surface area (Å²) in [6.07, 6.45) is 1.91. The Morgan fingerprint density at radius 3 is 2.86 bits per heavy atom. The van der Waals surface area contributed by atoms with Gasteiger partial charge in [-0.05, 0) is 28.8 Å². The van der Waals surface area contributed by atoms with Crippen LogP contribution in [-0.4, -0.2) is 33.5 Å². The van der Waals surface area contributed by atoms with Crippen LogP contribution >= 0.6 is 34.4 Å². The Balaban J connectivity index is 2.76. The molecule has 0 aliphatic carbocycles. The van der Waals surface area contributed by atoms with Crippen molar-refractivity contribution in [2.75, 3.05) is 13.4 Å². The van der Waals surface area contributed by atoms with Crippen molar-refractivity contribution in [3.63, 3.8) is 0 Å². The number of ether oxygens (including phenoxy) is 1. The lowest BCUT2D eigenvalue weighted by Gasteiger charge is -2.01. The Morgan fingerprint density at radius 1 is 1.43 bits per heavy atom. The lowest BCUT2D eigenvalue weighted by atomic mass is 10.4. The first kappa shape index (κ1) is 9.97. The third-order valence-corrected chi connectivity index (χ3v) is 3.02. The third kappa shape index (κ3) is 1.54. The van der Waals surface area contributed by atoms with E-state index in [-0.39, 0.29) is 0 Å². The van der Waals surface area contributed by atoms with Crippen LogP contribution in [-0.2, 0) is 0 Å². The average molecular weight is 322 g/mol. The summed E-state index contributed by atoms with van der Waals surface area (Å²) in [5.41, 5.74) is 0.644. The molecule has 7 heteroatoms. The standard InChI is InChI=1S/C7H7IN4OS/c1-13-6-3-4(8)11-12-5(3)9-7(10-6)14-2/h1-2H3,(H,9,10,11,12). The second-order valence-corrected chi connectivity index (χ2v) is 4.31. The van der Waals surface area contributed by atoms with Gasteiger partial charge in [0.05, 0.1) is 7.11 Å². The van der Waals surface area contributed by atoms with E-state index in [0.29, 0.717) is 16.7 Å². The molecule has 0 radical (unpaired) electrons. The molecule has 0 spiro atoms. The Labute approximate surface area is 98.2 Å². The van der Waals surface area contributed by atoms with Crippen LogP contribution in [0, 0.1) is 3.70 Å². The predicted octanol–water partition coefficient (Wildman–Crippen LogP) is 1.69. The first-order chi connectivity index (χ1) is 6.76. The average Bonchev–Trinajstić information content (AvgIpc) is 2.59. The number of halogens is 1. The molecule has 0 aliphatic heterocycles. The summed E-state index contributed by atoms with van der Waals surface area (Å²) in [4.78, 5) is 8.48. The van der Waals surface area contributed by atoms with E-state index in [9.17, 15) is 0 Å². The van der Waals surface area contributed by atoms with Crippen LogP contribution in [0.2, 0.25) is 0 Å². The summed E-state index contributed by atoms with van der Waals surface area (Å²) >= 11 is 3.61. The fourth-order valence-electron chi connectivity index (χ4n) is 1.08. The largest absolute Gasteiger partial charge is 0.480 e.